The lowest BCUT2D eigenvalue weighted by Crippen LogP contribution is -2.42. The molecule has 5 rings (SSSR count). The number of benzene rings is 1. The van der Waals surface area contributed by atoms with E-state index in [-0.39, 0.29) is 23.5 Å². The Hall–Kier alpha value is -3.01. The van der Waals surface area contributed by atoms with Gasteiger partial charge in [-0.3, -0.25) is 14.5 Å². The second-order valence-corrected chi connectivity index (χ2v) is 9.97. The van der Waals surface area contributed by atoms with E-state index in [1.54, 1.807) is 18.2 Å². The first-order valence-corrected chi connectivity index (χ1v) is 12.8. The molecule has 0 bridgehead atoms. The maximum Gasteiger partial charge on any atom is 0.296 e. The predicted octanol–water partition coefficient (Wildman–Crippen LogP) is 4.35. The molecule has 3 heterocycles. The predicted molar refractivity (Wildman–Crippen MR) is 127 cm³/mol. The molecule has 4 unspecified atom stereocenters. The van der Waals surface area contributed by atoms with Crippen molar-refractivity contribution in [3.63, 3.8) is 0 Å². The highest BCUT2D eigenvalue weighted by atomic mass is 32.1. The molecule has 0 N–H and O–H groups in total. The molecule has 186 valence electrons. The second kappa shape index (κ2) is 9.56. The van der Waals surface area contributed by atoms with E-state index in [1.807, 2.05) is 13.8 Å². The lowest BCUT2D eigenvalue weighted by atomic mass is 9.77. The quantitative estimate of drug-likeness (QED) is 0.557. The van der Waals surface area contributed by atoms with Crippen LogP contribution in [-0.2, 0) is 20.7 Å². The van der Waals surface area contributed by atoms with Gasteiger partial charge in [-0.1, -0.05) is 24.3 Å². The van der Waals surface area contributed by atoms with Crippen LogP contribution in [0.1, 0.15) is 56.1 Å². The number of methoxy groups -OCH3 is 1. The number of alkyl halides is 1. The van der Waals surface area contributed by atoms with Crippen LogP contribution in [0.5, 0.6) is 11.5 Å². The average Bonchev–Trinajstić information content (AvgIpc) is 3.42. The Morgan fingerprint density at radius 2 is 2.03 bits per heavy atom. The number of hydrogen-bond donors (Lipinski definition) is 0. The maximum atomic E-state index is 14.3. The van der Waals surface area contributed by atoms with Gasteiger partial charge in [-0.2, -0.15) is 0 Å². The number of Topliss-reactive ketones (excluding diaryl/α,β-unsaturated/α-hetero) is 1. The largest absolute Gasteiger partial charge is 0.493 e. The third kappa shape index (κ3) is 4.07. The summed E-state index contributed by atoms with van der Waals surface area (Å²) in [4.78, 5) is 28.9. The van der Waals surface area contributed by atoms with Crippen molar-refractivity contribution >= 4 is 28.2 Å². The minimum absolute atomic E-state index is 0.0404. The zero-order valence-electron chi connectivity index (χ0n) is 20.0. The lowest BCUT2D eigenvalue weighted by molar-refractivity contribution is -0.133. The van der Waals surface area contributed by atoms with E-state index in [0.29, 0.717) is 41.6 Å². The molecule has 10 heteroatoms. The third-order valence-electron chi connectivity index (χ3n) is 6.71. The summed E-state index contributed by atoms with van der Waals surface area (Å²) in [7, 11) is 1.54. The monoisotopic (exact) mass is 501 g/mol. The Bertz CT molecular complexity index is 1180. The first-order valence-electron chi connectivity index (χ1n) is 12.0. The van der Waals surface area contributed by atoms with Crippen LogP contribution >= 0.6 is 11.3 Å². The molecule has 1 fully saturated rings. The number of anilines is 1. The summed E-state index contributed by atoms with van der Waals surface area (Å²) in [5.74, 6) is -0.181. The Kier molecular flexibility index (Phi) is 6.48. The molecular formula is C25H28FN3O5S. The van der Waals surface area contributed by atoms with Gasteiger partial charge in [0, 0.05) is 6.42 Å². The standard InChI is InChI=1S/C25H28FN3O5S/c1-4-6-19-27-28-25(35-19)29-21(13-7-9-17(33-5-2)18(11-13)32-3)20-22(30)15-12-14(26)8-10-16(15)34-23(20)24(29)31/h7,9,11,14-16,21H,4-6,8,10,12H2,1-3H3. The van der Waals surface area contributed by atoms with Crippen LogP contribution < -0.4 is 14.4 Å². The van der Waals surface area contributed by atoms with E-state index in [2.05, 4.69) is 10.2 Å². The average molecular weight is 502 g/mol. The molecule has 1 aliphatic carbocycles. The molecule has 2 aromatic rings. The number of rotatable bonds is 7. The van der Waals surface area contributed by atoms with Crippen molar-refractivity contribution in [3.8, 4) is 11.5 Å². The van der Waals surface area contributed by atoms with Crippen molar-refractivity contribution in [1.29, 1.82) is 0 Å². The number of fused-ring (bicyclic) bond motifs is 1. The molecule has 1 aromatic carbocycles. The van der Waals surface area contributed by atoms with E-state index in [0.717, 1.165) is 17.8 Å². The topological polar surface area (TPSA) is 90.9 Å². The van der Waals surface area contributed by atoms with Crippen molar-refractivity contribution in [2.24, 2.45) is 5.92 Å². The van der Waals surface area contributed by atoms with Crippen LogP contribution in [0.15, 0.2) is 29.5 Å². The van der Waals surface area contributed by atoms with Crippen LogP contribution in [0.2, 0.25) is 0 Å². The molecule has 0 saturated heterocycles. The Balaban J connectivity index is 1.62. The number of aromatic nitrogens is 2. The molecule has 0 radical (unpaired) electrons. The highest BCUT2D eigenvalue weighted by Crippen LogP contribution is 2.49. The first-order chi connectivity index (χ1) is 17.0. The maximum absolute atomic E-state index is 14.3. The summed E-state index contributed by atoms with van der Waals surface area (Å²) in [6, 6.07) is 4.55. The van der Waals surface area contributed by atoms with E-state index in [9.17, 15) is 14.0 Å². The van der Waals surface area contributed by atoms with Gasteiger partial charge < -0.3 is 14.2 Å². The second-order valence-electron chi connectivity index (χ2n) is 8.93. The molecule has 3 aliphatic rings. The molecule has 8 nitrogen and oxygen atoms in total. The zero-order chi connectivity index (χ0) is 24.7. The van der Waals surface area contributed by atoms with Crippen LogP contribution in [0, 0.1) is 5.92 Å². The highest BCUT2D eigenvalue weighted by molar-refractivity contribution is 7.15. The highest BCUT2D eigenvalue weighted by Gasteiger charge is 2.54. The SMILES string of the molecule is CCCc1nnc(N2C(=O)C3=C(C(=O)C4CC(F)CCC4O3)C2c2ccc(OCC)c(OC)c2)s1. The fourth-order valence-corrected chi connectivity index (χ4v) is 6.08. The number of amides is 1. The summed E-state index contributed by atoms with van der Waals surface area (Å²) < 4.78 is 31.6. The van der Waals surface area contributed by atoms with Gasteiger partial charge in [0.2, 0.25) is 5.13 Å². The van der Waals surface area contributed by atoms with Crippen molar-refractivity contribution in [3.05, 3.63) is 40.1 Å². The van der Waals surface area contributed by atoms with Crippen LogP contribution in [0.3, 0.4) is 0 Å². The molecule has 4 atom stereocenters. The molecule has 35 heavy (non-hydrogen) atoms. The van der Waals surface area contributed by atoms with Crippen LogP contribution in [0.25, 0.3) is 0 Å². The van der Waals surface area contributed by atoms with E-state index < -0.39 is 30.1 Å². The van der Waals surface area contributed by atoms with Crippen molar-refractivity contribution in [2.45, 2.75) is 64.3 Å². The molecule has 1 saturated carbocycles. The molecular weight excluding hydrogens is 473 g/mol. The molecule has 2 aliphatic heterocycles. The minimum atomic E-state index is -1.05. The summed E-state index contributed by atoms with van der Waals surface area (Å²) in [6.45, 7) is 4.38. The fourth-order valence-electron chi connectivity index (χ4n) is 5.11. The van der Waals surface area contributed by atoms with Gasteiger partial charge in [-0.05, 0) is 50.3 Å². The summed E-state index contributed by atoms with van der Waals surface area (Å²) >= 11 is 1.32. The van der Waals surface area contributed by atoms with E-state index >= 15 is 0 Å². The fraction of sp³-hybridized carbons (Fsp3) is 0.520. The van der Waals surface area contributed by atoms with Gasteiger partial charge in [0.1, 0.15) is 17.3 Å². The number of ketones is 1. The van der Waals surface area contributed by atoms with Crippen molar-refractivity contribution in [1.82, 2.24) is 10.2 Å². The van der Waals surface area contributed by atoms with Crippen molar-refractivity contribution < 1.29 is 28.2 Å². The molecule has 1 amide bonds. The summed E-state index contributed by atoms with van der Waals surface area (Å²) in [5, 5.41) is 9.73. The molecule has 1 aromatic heterocycles. The zero-order valence-corrected chi connectivity index (χ0v) is 20.8. The van der Waals surface area contributed by atoms with E-state index in [1.165, 1.54) is 23.3 Å². The number of carbonyl (C=O) groups is 2. The normalized spacial score (nSPS) is 25.9. The Morgan fingerprint density at radius 3 is 2.77 bits per heavy atom. The first kappa shape index (κ1) is 23.7. The van der Waals surface area contributed by atoms with Crippen molar-refractivity contribution in [2.75, 3.05) is 18.6 Å². The number of carbonyl (C=O) groups excluding carboxylic acids is 2. The Labute approximate surface area is 207 Å². The smallest absolute Gasteiger partial charge is 0.296 e. The number of ether oxygens (including phenoxy) is 3. The van der Waals surface area contributed by atoms with E-state index in [4.69, 9.17) is 14.2 Å². The van der Waals surface area contributed by atoms with Crippen LogP contribution in [-0.4, -0.2) is 47.9 Å². The lowest BCUT2D eigenvalue weighted by Gasteiger charge is -2.36. The Morgan fingerprint density at radius 1 is 1.20 bits per heavy atom. The molecule has 0 spiro atoms. The third-order valence-corrected chi connectivity index (χ3v) is 7.70. The number of aryl methyl sites for hydroxylation is 1. The number of hydrogen-bond acceptors (Lipinski definition) is 8. The minimum Gasteiger partial charge on any atom is -0.493 e. The summed E-state index contributed by atoms with van der Waals surface area (Å²) in [5.41, 5.74) is 0.905. The van der Waals surface area contributed by atoms with Gasteiger partial charge in [0.15, 0.2) is 23.0 Å². The van der Waals surface area contributed by atoms with Gasteiger partial charge in [0.05, 0.1) is 31.2 Å². The van der Waals surface area contributed by atoms with Gasteiger partial charge in [-0.15, -0.1) is 10.2 Å². The van der Waals surface area contributed by atoms with Gasteiger partial charge >= 0.3 is 0 Å². The number of halogens is 1. The van der Waals surface area contributed by atoms with Gasteiger partial charge in [0.25, 0.3) is 5.91 Å². The van der Waals surface area contributed by atoms with Gasteiger partial charge in [-0.25, -0.2) is 4.39 Å². The van der Waals surface area contributed by atoms with Crippen LogP contribution in [0.4, 0.5) is 9.52 Å². The summed E-state index contributed by atoms with van der Waals surface area (Å²) in [6.07, 6.45) is 0.930. The number of nitrogens with zero attached hydrogens (tertiary/aromatic N) is 3.